The number of carbonyl (C=O) groups excluding carboxylic acids is 1. The Morgan fingerprint density at radius 1 is 1.09 bits per heavy atom. The minimum Gasteiger partial charge on any atom is -0.462 e. The standard InChI is InChI=1S/C23H28O11/c1-21-9-22(29)13-11(8-30-18(28)10-5-3-2-4-6-10)23(21,14(13)19(32-21)33-22)34-20-17(27)16(26)15(25)12(7-24)31-20/h2-6,11-17,19-20,24-27,29H,7-9H2,1H3/t11-,12+,13+,14-,15+,16-,17+,19-,20-,21-,22+,23+/m1/s1. The lowest BCUT2D eigenvalue weighted by molar-refractivity contribution is -0.433. The molecule has 186 valence electrons. The molecule has 4 saturated heterocycles. The van der Waals surface area contributed by atoms with Crippen molar-refractivity contribution >= 4 is 5.97 Å². The highest BCUT2D eigenvalue weighted by Crippen LogP contribution is 2.77. The fraction of sp³-hybridized carbons (Fsp3) is 0.696. The fourth-order valence-corrected chi connectivity index (χ4v) is 6.94. The zero-order valence-electron chi connectivity index (χ0n) is 18.4. The van der Waals surface area contributed by atoms with E-state index in [-0.39, 0.29) is 13.0 Å². The number of benzene rings is 1. The topological polar surface area (TPSA) is 164 Å². The Morgan fingerprint density at radius 3 is 2.50 bits per heavy atom. The van der Waals surface area contributed by atoms with E-state index in [0.717, 1.165) is 0 Å². The molecule has 1 aromatic carbocycles. The lowest BCUT2D eigenvalue weighted by Gasteiger charge is -2.67. The Labute approximate surface area is 194 Å². The molecule has 7 fully saturated rings. The Bertz CT molecular complexity index is 973. The molecule has 5 N–H and O–H groups in total. The molecule has 0 radical (unpaired) electrons. The summed E-state index contributed by atoms with van der Waals surface area (Å²) in [4.78, 5) is 12.6. The van der Waals surface area contributed by atoms with Gasteiger partial charge in [-0.05, 0) is 19.1 Å². The van der Waals surface area contributed by atoms with Gasteiger partial charge in [0.25, 0.3) is 0 Å². The van der Waals surface area contributed by atoms with Gasteiger partial charge in [0.05, 0.1) is 24.7 Å². The van der Waals surface area contributed by atoms with Crippen molar-refractivity contribution in [3.05, 3.63) is 35.9 Å². The quantitative estimate of drug-likeness (QED) is 0.301. The maximum absolute atomic E-state index is 12.6. The van der Waals surface area contributed by atoms with Gasteiger partial charge in [-0.3, -0.25) is 0 Å². The molecule has 8 rings (SSSR count). The predicted molar refractivity (Wildman–Crippen MR) is 109 cm³/mol. The van der Waals surface area contributed by atoms with Gasteiger partial charge in [0.2, 0.25) is 0 Å². The van der Waals surface area contributed by atoms with Crippen LogP contribution >= 0.6 is 0 Å². The molecule has 3 saturated carbocycles. The first-order chi connectivity index (χ1) is 16.1. The lowest BCUT2D eigenvalue weighted by Crippen LogP contribution is -2.81. The molecular weight excluding hydrogens is 452 g/mol. The number of ether oxygens (including phenoxy) is 5. The van der Waals surface area contributed by atoms with E-state index in [1.54, 1.807) is 37.3 Å². The van der Waals surface area contributed by atoms with Crippen LogP contribution in [0.5, 0.6) is 0 Å². The van der Waals surface area contributed by atoms with Crippen LogP contribution in [0, 0.1) is 17.8 Å². The Morgan fingerprint density at radius 2 is 1.82 bits per heavy atom. The van der Waals surface area contributed by atoms with Gasteiger partial charge in [-0.1, -0.05) is 18.2 Å². The number of rotatable bonds is 6. The van der Waals surface area contributed by atoms with Crippen molar-refractivity contribution in [2.75, 3.05) is 13.2 Å². The van der Waals surface area contributed by atoms with Crippen molar-refractivity contribution in [3.8, 4) is 0 Å². The fourth-order valence-electron chi connectivity index (χ4n) is 6.94. The second kappa shape index (κ2) is 7.42. The number of hydrogen-bond donors (Lipinski definition) is 5. The van der Waals surface area contributed by atoms with Gasteiger partial charge in [-0.15, -0.1) is 0 Å². The van der Waals surface area contributed by atoms with Crippen LogP contribution in [0.4, 0.5) is 0 Å². The van der Waals surface area contributed by atoms with Crippen LogP contribution in [-0.4, -0.2) is 98.7 Å². The smallest absolute Gasteiger partial charge is 0.338 e. The van der Waals surface area contributed by atoms with Crippen LogP contribution in [0.2, 0.25) is 0 Å². The van der Waals surface area contributed by atoms with Gasteiger partial charge >= 0.3 is 5.97 Å². The highest BCUT2D eigenvalue weighted by atomic mass is 16.8. The summed E-state index contributed by atoms with van der Waals surface area (Å²) in [7, 11) is 0. The van der Waals surface area contributed by atoms with E-state index >= 15 is 0 Å². The summed E-state index contributed by atoms with van der Waals surface area (Å²) in [6.45, 7) is 1.06. The molecule has 0 unspecified atom stereocenters. The number of carbonyl (C=O) groups is 1. The van der Waals surface area contributed by atoms with Gasteiger partial charge in [-0.25, -0.2) is 4.79 Å². The van der Waals surface area contributed by atoms with Crippen LogP contribution in [0.15, 0.2) is 30.3 Å². The summed E-state index contributed by atoms with van der Waals surface area (Å²) in [6.07, 6.45) is -7.95. The molecule has 7 aliphatic rings. The summed E-state index contributed by atoms with van der Waals surface area (Å²) >= 11 is 0. The molecule has 0 amide bonds. The monoisotopic (exact) mass is 480 g/mol. The van der Waals surface area contributed by atoms with Gasteiger partial charge in [-0.2, -0.15) is 0 Å². The van der Waals surface area contributed by atoms with E-state index in [1.165, 1.54) is 0 Å². The third-order valence-corrected chi connectivity index (χ3v) is 8.36. The number of esters is 1. The van der Waals surface area contributed by atoms with E-state index < -0.39 is 84.3 Å². The summed E-state index contributed by atoms with van der Waals surface area (Å²) < 4.78 is 29.5. The average Bonchev–Trinajstić information content (AvgIpc) is 3.07. The molecule has 4 aliphatic heterocycles. The molecule has 4 heterocycles. The summed E-state index contributed by atoms with van der Waals surface area (Å²) in [6, 6.07) is 8.49. The summed E-state index contributed by atoms with van der Waals surface area (Å²) in [5, 5.41) is 51.7. The van der Waals surface area contributed by atoms with Crippen LogP contribution in [0.25, 0.3) is 0 Å². The molecule has 6 bridgehead atoms. The average molecular weight is 480 g/mol. The largest absolute Gasteiger partial charge is 0.462 e. The van der Waals surface area contributed by atoms with Crippen LogP contribution in [-0.2, 0) is 23.7 Å². The zero-order valence-corrected chi connectivity index (χ0v) is 18.4. The maximum atomic E-state index is 12.6. The van der Waals surface area contributed by atoms with Crippen LogP contribution < -0.4 is 0 Å². The normalized spacial score (nSPS) is 52.5. The Kier molecular flexibility index (Phi) is 4.97. The first-order valence-corrected chi connectivity index (χ1v) is 11.4. The van der Waals surface area contributed by atoms with Crippen LogP contribution in [0.3, 0.4) is 0 Å². The molecule has 34 heavy (non-hydrogen) atoms. The Balaban J connectivity index is 1.30. The SMILES string of the molecule is C[C@]12C[C@]3(O)O[C@@H](O1)[C@H]1[C@@H]3[C@@H](COC(=O)c3ccccc3)[C@]12O[C@H]1O[C@@H](CO)[C@H](O)[C@@H](O)[C@@H]1O. The predicted octanol–water partition coefficient (Wildman–Crippen LogP) is -1.50. The second-order valence-corrected chi connectivity index (χ2v) is 10.1. The van der Waals surface area contributed by atoms with Crippen molar-refractivity contribution in [2.45, 2.75) is 67.3 Å². The number of hydrogen-bond acceptors (Lipinski definition) is 11. The molecule has 11 nitrogen and oxygen atoms in total. The van der Waals surface area contributed by atoms with Crippen molar-refractivity contribution in [1.29, 1.82) is 0 Å². The van der Waals surface area contributed by atoms with Gasteiger partial charge < -0.3 is 49.2 Å². The first-order valence-electron chi connectivity index (χ1n) is 11.4. The summed E-state index contributed by atoms with van der Waals surface area (Å²) in [5.74, 6) is -3.43. The van der Waals surface area contributed by atoms with E-state index in [9.17, 15) is 30.3 Å². The summed E-state index contributed by atoms with van der Waals surface area (Å²) in [5.41, 5.74) is -1.86. The molecule has 0 spiro atoms. The third kappa shape index (κ3) is 2.75. The van der Waals surface area contributed by atoms with Crippen molar-refractivity contribution in [1.82, 2.24) is 0 Å². The Hall–Kier alpha value is -1.67. The lowest BCUT2D eigenvalue weighted by atomic mass is 9.43. The van der Waals surface area contributed by atoms with Crippen molar-refractivity contribution in [2.24, 2.45) is 17.8 Å². The molecule has 0 aromatic heterocycles. The molecule has 11 heteroatoms. The minimum atomic E-state index is -1.61. The highest BCUT2D eigenvalue weighted by molar-refractivity contribution is 5.89. The minimum absolute atomic E-state index is 0.0955. The van der Waals surface area contributed by atoms with Gasteiger partial charge in [0.1, 0.15) is 35.6 Å². The third-order valence-electron chi connectivity index (χ3n) is 8.36. The van der Waals surface area contributed by atoms with Gasteiger partial charge in [0, 0.05) is 18.3 Å². The van der Waals surface area contributed by atoms with Crippen molar-refractivity contribution in [3.63, 3.8) is 0 Å². The maximum Gasteiger partial charge on any atom is 0.338 e. The van der Waals surface area contributed by atoms with E-state index in [0.29, 0.717) is 5.56 Å². The number of aliphatic hydroxyl groups is 5. The second-order valence-electron chi connectivity index (χ2n) is 10.1. The zero-order chi connectivity index (χ0) is 24.0. The molecular formula is C23H28O11. The van der Waals surface area contributed by atoms with E-state index in [1.807, 2.05) is 0 Å². The molecule has 12 atom stereocenters. The highest BCUT2D eigenvalue weighted by Gasteiger charge is 2.91. The number of aliphatic hydroxyl groups excluding tert-OH is 4. The first kappa shape index (κ1) is 22.8. The van der Waals surface area contributed by atoms with E-state index in [4.69, 9.17) is 23.7 Å². The van der Waals surface area contributed by atoms with Gasteiger partial charge in [0.15, 0.2) is 18.4 Å². The van der Waals surface area contributed by atoms with Crippen molar-refractivity contribution < 1.29 is 54.0 Å². The van der Waals surface area contributed by atoms with Crippen LogP contribution in [0.1, 0.15) is 23.7 Å². The van der Waals surface area contributed by atoms with E-state index in [2.05, 4.69) is 0 Å². The molecule has 3 aliphatic carbocycles. The molecule has 1 aromatic rings.